The lowest BCUT2D eigenvalue weighted by molar-refractivity contribution is -0.155. The summed E-state index contributed by atoms with van der Waals surface area (Å²) < 4.78 is 5.32. The molecule has 0 bridgehead atoms. The molecule has 0 fully saturated rings. The van der Waals surface area contributed by atoms with Gasteiger partial charge in [-0.05, 0) is 50.3 Å². The summed E-state index contributed by atoms with van der Waals surface area (Å²) in [6.07, 6.45) is 1.09. The van der Waals surface area contributed by atoms with Gasteiger partial charge in [-0.3, -0.25) is 14.4 Å². The molecule has 2 rings (SSSR count). The molecule has 2 N–H and O–H groups in total. The van der Waals surface area contributed by atoms with E-state index in [4.69, 9.17) is 10.00 Å². The quantitative estimate of drug-likeness (QED) is 0.601. The van der Waals surface area contributed by atoms with Crippen molar-refractivity contribution in [3.8, 4) is 6.07 Å². The van der Waals surface area contributed by atoms with Crippen LogP contribution in [0.25, 0.3) is 0 Å². The number of aryl methyl sites for hydroxylation is 1. The molecule has 0 aliphatic rings. The van der Waals surface area contributed by atoms with Gasteiger partial charge in [0.15, 0.2) is 6.10 Å². The monoisotopic (exact) mass is 423 g/mol. The molecule has 164 valence electrons. The Morgan fingerprint density at radius 1 is 1.23 bits per heavy atom. The van der Waals surface area contributed by atoms with Crippen molar-refractivity contribution in [1.82, 2.24) is 10.3 Å². The van der Waals surface area contributed by atoms with E-state index in [0.717, 1.165) is 24.0 Å². The van der Waals surface area contributed by atoms with Gasteiger partial charge in [-0.25, -0.2) is 0 Å². The number of nitrogens with zero attached hydrogens (tertiary/aromatic N) is 1. The summed E-state index contributed by atoms with van der Waals surface area (Å²) in [4.78, 5) is 39.4. The highest BCUT2D eigenvalue weighted by Gasteiger charge is 2.22. The number of aromatic nitrogens is 1. The van der Waals surface area contributed by atoms with Crippen LogP contribution in [0.5, 0.6) is 0 Å². The topological polar surface area (TPSA) is 112 Å². The first-order valence-electron chi connectivity index (χ1n) is 10.5. The number of aromatic amines is 1. The van der Waals surface area contributed by atoms with Gasteiger partial charge in [0.1, 0.15) is 11.6 Å². The Bertz CT molecular complexity index is 1020. The molecule has 7 nitrogen and oxygen atoms in total. The average Bonchev–Trinajstić information content (AvgIpc) is 2.73. The van der Waals surface area contributed by atoms with Gasteiger partial charge in [-0.2, -0.15) is 5.26 Å². The van der Waals surface area contributed by atoms with Crippen LogP contribution in [-0.2, 0) is 20.7 Å². The van der Waals surface area contributed by atoms with Crippen LogP contribution in [0.1, 0.15) is 67.1 Å². The summed E-state index contributed by atoms with van der Waals surface area (Å²) in [7, 11) is 0. The normalized spacial score (nSPS) is 12.5. The first-order chi connectivity index (χ1) is 14.8. The predicted octanol–water partition coefficient (Wildman–Crippen LogP) is 3.39. The molecule has 1 amide bonds. The largest absolute Gasteiger partial charge is 0.453 e. The van der Waals surface area contributed by atoms with Gasteiger partial charge in [0.05, 0.1) is 6.04 Å². The molecule has 0 saturated carbocycles. The van der Waals surface area contributed by atoms with E-state index >= 15 is 0 Å². The van der Waals surface area contributed by atoms with Gasteiger partial charge in [0, 0.05) is 12.1 Å². The summed E-state index contributed by atoms with van der Waals surface area (Å²) in [6.45, 7) is 7.01. The number of carbonyl (C=O) groups is 2. The van der Waals surface area contributed by atoms with Crippen LogP contribution in [0.3, 0.4) is 0 Å². The number of rotatable bonds is 9. The Labute approximate surface area is 182 Å². The number of hydrogen-bond donors (Lipinski definition) is 2. The maximum Gasteiger partial charge on any atom is 0.306 e. The Morgan fingerprint density at radius 2 is 1.90 bits per heavy atom. The van der Waals surface area contributed by atoms with E-state index in [9.17, 15) is 14.4 Å². The van der Waals surface area contributed by atoms with E-state index in [1.807, 2.05) is 43.3 Å². The summed E-state index contributed by atoms with van der Waals surface area (Å²) in [5.74, 6) is -0.864. The van der Waals surface area contributed by atoms with E-state index in [-0.39, 0.29) is 23.9 Å². The van der Waals surface area contributed by atoms with E-state index in [0.29, 0.717) is 17.7 Å². The molecule has 0 unspecified atom stereocenters. The number of benzene rings is 1. The number of amides is 1. The van der Waals surface area contributed by atoms with Crippen LogP contribution in [0.4, 0.5) is 0 Å². The van der Waals surface area contributed by atoms with Gasteiger partial charge < -0.3 is 15.0 Å². The van der Waals surface area contributed by atoms with Crippen molar-refractivity contribution in [2.24, 2.45) is 0 Å². The second-order valence-corrected chi connectivity index (χ2v) is 7.56. The van der Waals surface area contributed by atoms with E-state index in [2.05, 4.69) is 10.3 Å². The Hall–Kier alpha value is -3.40. The number of carbonyl (C=O) groups excluding carboxylic acids is 2. The molecule has 0 aliphatic heterocycles. The molecule has 7 heteroatoms. The number of H-pyrrole nitrogens is 1. The molecule has 1 aromatic heterocycles. The number of hydrogen-bond acceptors (Lipinski definition) is 5. The smallest absolute Gasteiger partial charge is 0.306 e. The highest BCUT2D eigenvalue weighted by molar-refractivity contribution is 5.83. The summed E-state index contributed by atoms with van der Waals surface area (Å²) in [6, 6.07) is 11.4. The number of ether oxygens (including phenoxy) is 1. The fourth-order valence-corrected chi connectivity index (χ4v) is 3.54. The maximum atomic E-state index is 12.6. The number of esters is 1. The SMILES string of the molecule is CCC[C@H](NC(=O)[C@H](C)OC(=O)CCc1c(C)[nH]c(=O)c(C#N)c1C)c1ccccc1. The van der Waals surface area contributed by atoms with Crippen molar-refractivity contribution in [2.75, 3.05) is 0 Å². The van der Waals surface area contributed by atoms with Crippen LogP contribution in [0, 0.1) is 25.2 Å². The van der Waals surface area contributed by atoms with Crippen molar-refractivity contribution >= 4 is 11.9 Å². The molecule has 0 aliphatic carbocycles. The third-order valence-electron chi connectivity index (χ3n) is 5.27. The number of nitrogens with one attached hydrogen (secondary N) is 2. The lowest BCUT2D eigenvalue weighted by atomic mass is 9.99. The van der Waals surface area contributed by atoms with Crippen molar-refractivity contribution in [3.63, 3.8) is 0 Å². The highest BCUT2D eigenvalue weighted by Crippen LogP contribution is 2.19. The van der Waals surface area contributed by atoms with Crippen molar-refractivity contribution < 1.29 is 14.3 Å². The zero-order valence-corrected chi connectivity index (χ0v) is 18.5. The van der Waals surface area contributed by atoms with Crippen LogP contribution < -0.4 is 10.9 Å². The Morgan fingerprint density at radius 3 is 2.52 bits per heavy atom. The fourth-order valence-electron chi connectivity index (χ4n) is 3.54. The summed E-state index contributed by atoms with van der Waals surface area (Å²) in [5.41, 5.74) is 2.53. The molecule has 0 spiro atoms. The van der Waals surface area contributed by atoms with Gasteiger partial charge in [0.25, 0.3) is 11.5 Å². The molecule has 2 atom stereocenters. The number of nitriles is 1. The minimum absolute atomic E-state index is 0.0350. The minimum Gasteiger partial charge on any atom is -0.453 e. The molecule has 2 aromatic rings. The Kier molecular flexibility index (Phi) is 8.56. The lowest BCUT2D eigenvalue weighted by Crippen LogP contribution is -2.38. The van der Waals surface area contributed by atoms with Crippen LogP contribution >= 0.6 is 0 Å². The first kappa shape index (κ1) is 23.9. The molecule has 0 saturated heterocycles. The average molecular weight is 424 g/mol. The minimum atomic E-state index is -0.928. The second kappa shape index (κ2) is 11.1. The molecule has 1 aromatic carbocycles. The second-order valence-electron chi connectivity index (χ2n) is 7.56. The van der Waals surface area contributed by atoms with Gasteiger partial charge in [0.2, 0.25) is 0 Å². The molecular weight excluding hydrogens is 394 g/mol. The molecular formula is C24H29N3O4. The molecule has 1 heterocycles. The highest BCUT2D eigenvalue weighted by atomic mass is 16.5. The van der Waals surface area contributed by atoms with Gasteiger partial charge >= 0.3 is 5.97 Å². The van der Waals surface area contributed by atoms with Crippen LogP contribution in [0.15, 0.2) is 35.1 Å². The molecule has 0 radical (unpaired) electrons. The van der Waals surface area contributed by atoms with Gasteiger partial charge in [-0.15, -0.1) is 0 Å². The van der Waals surface area contributed by atoms with E-state index in [1.54, 1.807) is 20.8 Å². The van der Waals surface area contributed by atoms with Crippen LogP contribution in [-0.4, -0.2) is 23.0 Å². The summed E-state index contributed by atoms with van der Waals surface area (Å²) >= 11 is 0. The van der Waals surface area contributed by atoms with E-state index < -0.39 is 17.6 Å². The zero-order chi connectivity index (χ0) is 23.0. The van der Waals surface area contributed by atoms with Gasteiger partial charge in [-0.1, -0.05) is 43.7 Å². The number of pyridine rings is 1. The third-order valence-corrected chi connectivity index (χ3v) is 5.27. The third kappa shape index (κ3) is 6.29. The Balaban J connectivity index is 1.97. The summed E-state index contributed by atoms with van der Waals surface area (Å²) in [5, 5.41) is 12.1. The van der Waals surface area contributed by atoms with Crippen molar-refractivity contribution in [1.29, 1.82) is 5.26 Å². The fraction of sp³-hybridized carbons (Fsp3) is 0.417. The standard InChI is InChI=1S/C24H29N3O4/c1-5-9-21(18-10-7-6-8-11-18)27-23(29)17(4)31-22(28)13-12-19-15(2)20(14-25)24(30)26-16(19)3/h6-8,10-11,17,21H,5,9,12-13H2,1-4H3,(H,26,30)(H,27,29)/t17-,21-/m0/s1. The maximum absolute atomic E-state index is 12.6. The van der Waals surface area contributed by atoms with Crippen LogP contribution in [0.2, 0.25) is 0 Å². The van der Waals surface area contributed by atoms with E-state index in [1.165, 1.54) is 0 Å². The predicted molar refractivity (Wildman–Crippen MR) is 117 cm³/mol. The zero-order valence-electron chi connectivity index (χ0n) is 18.5. The lowest BCUT2D eigenvalue weighted by Gasteiger charge is -2.21. The first-order valence-corrected chi connectivity index (χ1v) is 10.5. The van der Waals surface area contributed by atoms with Crippen molar-refractivity contribution in [3.05, 3.63) is 68.6 Å². The van der Waals surface area contributed by atoms with Crippen molar-refractivity contribution in [2.45, 2.75) is 65.5 Å². The molecule has 31 heavy (non-hydrogen) atoms.